The fourth-order valence-electron chi connectivity index (χ4n) is 4.65. The van der Waals surface area contributed by atoms with Gasteiger partial charge in [0.1, 0.15) is 23.1 Å². The molecule has 11 nitrogen and oxygen atoms in total. The number of likely N-dealkylation sites (tertiary alicyclic amines) is 1. The SMILES string of the molecule is COc1ccc2ncc(F)c(NC3CN(CC4CN(c5ccc6c(c5)NC(=O)CO6)C(=O)O4)C3)c2n1. The third-order valence-corrected chi connectivity index (χ3v) is 6.40. The van der Waals surface area contributed by atoms with Crippen molar-refractivity contribution in [2.45, 2.75) is 12.1 Å². The number of nitrogens with zero attached hydrogens (tertiary/aromatic N) is 4. The first-order chi connectivity index (χ1) is 17.5. The van der Waals surface area contributed by atoms with E-state index in [4.69, 9.17) is 14.2 Å². The number of anilines is 3. The maximum absolute atomic E-state index is 14.6. The number of hydrogen-bond donors (Lipinski definition) is 2. The third-order valence-electron chi connectivity index (χ3n) is 6.40. The molecule has 1 aromatic carbocycles. The second kappa shape index (κ2) is 8.79. The minimum absolute atomic E-state index is 0.00978. The number of benzene rings is 1. The topological polar surface area (TPSA) is 118 Å². The second-order valence-corrected chi connectivity index (χ2v) is 8.90. The maximum atomic E-state index is 14.6. The average Bonchev–Trinajstić information content (AvgIpc) is 3.23. The Hall–Kier alpha value is -4.19. The third kappa shape index (κ3) is 4.09. The van der Waals surface area contributed by atoms with E-state index in [0.29, 0.717) is 65.9 Å². The van der Waals surface area contributed by atoms with Crippen molar-refractivity contribution in [3.8, 4) is 11.6 Å². The van der Waals surface area contributed by atoms with Gasteiger partial charge in [0.15, 0.2) is 12.4 Å². The minimum Gasteiger partial charge on any atom is -0.482 e. The Morgan fingerprint density at radius 3 is 2.92 bits per heavy atom. The zero-order valence-electron chi connectivity index (χ0n) is 19.4. The highest BCUT2D eigenvalue weighted by Gasteiger charge is 2.37. The molecule has 2 fully saturated rings. The minimum atomic E-state index is -0.478. The number of amides is 2. The van der Waals surface area contributed by atoms with Crippen LogP contribution in [0.15, 0.2) is 36.5 Å². The number of aromatic nitrogens is 2. The summed E-state index contributed by atoms with van der Waals surface area (Å²) in [5.74, 6) is 0.231. The van der Waals surface area contributed by atoms with Crippen molar-refractivity contribution >= 4 is 40.1 Å². The van der Waals surface area contributed by atoms with E-state index in [1.807, 2.05) is 0 Å². The van der Waals surface area contributed by atoms with Gasteiger partial charge in [-0.1, -0.05) is 0 Å². The predicted molar refractivity (Wildman–Crippen MR) is 128 cm³/mol. The summed E-state index contributed by atoms with van der Waals surface area (Å²) in [6, 6.07) is 8.62. The molecular weight excluding hydrogens is 471 g/mol. The van der Waals surface area contributed by atoms with Crippen molar-refractivity contribution in [2.24, 2.45) is 0 Å². The molecule has 12 heteroatoms. The molecule has 1 atom stereocenters. The van der Waals surface area contributed by atoms with Gasteiger partial charge in [-0.2, -0.15) is 0 Å². The van der Waals surface area contributed by atoms with Crippen LogP contribution in [0, 0.1) is 5.82 Å². The van der Waals surface area contributed by atoms with Crippen LogP contribution in [-0.2, 0) is 9.53 Å². The summed E-state index contributed by atoms with van der Waals surface area (Å²) in [7, 11) is 1.51. The second-order valence-electron chi connectivity index (χ2n) is 8.90. The molecule has 2 saturated heterocycles. The summed E-state index contributed by atoms with van der Waals surface area (Å²) in [4.78, 5) is 36.2. The highest BCUT2D eigenvalue weighted by molar-refractivity contribution is 5.97. The molecule has 1 unspecified atom stereocenters. The molecule has 6 rings (SSSR count). The Morgan fingerprint density at radius 2 is 2.08 bits per heavy atom. The molecule has 0 aliphatic carbocycles. The quantitative estimate of drug-likeness (QED) is 0.532. The number of carbonyl (C=O) groups is 2. The predicted octanol–water partition coefficient (Wildman–Crippen LogP) is 2.23. The number of methoxy groups -OCH3 is 1. The van der Waals surface area contributed by atoms with Gasteiger partial charge in [0, 0.05) is 31.4 Å². The van der Waals surface area contributed by atoms with Gasteiger partial charge in [-0.25, -0.2) is 14.2 Å². The van der Waals surface area contributed by atoms with Gasteiger partial charge in [0.05, 0.1) is 37.1 Å². The molecule has 2 N–H and O–H groups in total. The zero-order valence-corrected chi connectivity index (χ0v) is 19.4. The fraction of sp³-hybridized carbons (Fsp3) is 0.333. The molecule has 5 heterocycles. The van der Waals surface area contributed by atoms with Gasteiger partial charge < -0.3 is 24.8 Å². The number of hydrogen-bond acceptors (Lipinski definition) is 9. The molecule has 186 valence electrons. The van der Waals surface area contributed by atoms with Crippen LogP contribution in [0.3, 0.4) is 0 Å². The Kier molecular flexibility index (Phi) is 5.44. The van der Waals surface area contributed by atoms with Crippen LogP contribution in [0.2, 0.25) is 0 Å². The lowest BCUT2D eigenvalue weighted by molar-refractivity contribution is -0.118. The van der Waals surface area contributed by atoms with Gasteiger partial charge in [-0.3, -0.25) is 19.6 Å². The molecule has 36 heavy (non-hydrogen) atoms. The number of cyclic esters (lactones) is 1. The highest BCUT2D eigenvalue weighted by atomic mass is 19.1. The van der Waals surface area contributed by atoms with E-state index in [1.54, 1.807) is 35.2 Å². The van der Waals surface area contributed by atoms with Gasteiger partial charge in [0.25, 0.3) is 5.91 Å². The monoisotopic (exact) mass is 494 g/mol. The number of halogens is 1. The molecular formula is C24H23FN6O5. The highest BCUT2D eigenvalue weighted by Crippen LogP contribution is 2.34. The van der Waals surface area contributed by atoms with Crippen LogP contribution in [0.5, 0.6) is 11.6 Å². The fourth-order valence-corrected chi connectivity index (χ4v) is 4.65. The number of fused-ring (bicyclic) bond motifs is 2. The summed E-state index contributed by atoms with van der Waals surface area (Å²) in [5.41, 5.74) is 2.44. The lowest BCUT2D eigenvalue weighted by Gasteiger charge is -2.40. The number of nitrogens with one attached hydrogen (secondary N) is 2. The summed E-state index contributed by atoms with van der Waals surface area (Å²) in [6.45, 7) is 2.22. The van der Waals surface area contributed by atoms with E-state index in [9.17, 15) is 14.0 Å². The van der Waals surface area contributed by atoms with E-state index < -0.39 is 11.9 Å². The van der Waals surface area contributed by atoms with Crippen molar-refractivity contribution in [3.63, 3.8) is 0 Å². The number of carbonyl (C=O) groups excluding carboxylic acids is 2. The first-order valence-corrected chi connectivity index (χ1v) is 11.5. The van der Waals surface area contributed by atoms with Crippen LogP contribution < -0.4 is 25.0 Å². The van der Waals surface area contributed by atoms with Crippen LogP contribution in [0.1, 0.15) is 0 Å². The van der Waals surface area contributed by atoms with E-state index in [2.05, 4.69) is 25.5 Å². The normalized spacial score (nSPS) is 19.8. The van der Waals surface area contributed by atoms with Crippen molar-refractivity contribution in [2.75, 3.05) is 55.4 Å². The standard InChI is InChI=1S/C24H23FN6O5/c1-34-21-5-3-17-23(29-21)22(16(25)7-26-17)27-13-8-30(9-13)10-15-11-31(24(33)36-15)14-2-4-19-18(6-14)28-20(32)12-35-19/h2-7,13,15H,8-12H2,1H3,(H,26,27)(H,28,32). The molecule has 3 aromatic rings. The summed E-state index contributed by atoms with van der Waals surface area (Å²) in [5, 5.41) is 5.98. The first-order valence-electron chi connectivity index (χ1n) is 11.5. The van der Waals surface area contributed by atoms with Crippen molar-refractivity contribution in [1.82, 2.24) is 14.9 Å². The van der Waals surface area contributed by atoms with Crippen molar-refractivity contribution in [3.05, 3.63) is 42.3 Å². The molecule has 2 amide bonds. The number of ether oxygens (including phenoxy) is 3. The van der Waals surface area contributed by atoms with Gasteiger partial charge in [0.2, 0.25) is 5.88 Å². The van der Waals surface area contributed by atoms with Crippen molar-refractivity contribution in [1.29, 1.82) is 0 Å². The molecule has 0 spiro atoms. The zero-order chi connectivity index (χ0) is 24.8. The Balaban J connectivity index is 1.07. The van der Waals surface area contributed by atoms with E-state index in [-0.39, 0.29) is 24.7 Å². The average molecular weight is 494 g/mol. The largest absolute Gasteiger partial charge is 0.482 e. The van der Waals surface area contributed by atoms with Crippen molar-refractivity contribution < 1.29 is 28.2 Å². The van der Waals surface area contributed by atoms with E-state index in [1.165, 1.54) is 13.3 Å². The van der Waals surface area contributed by atoms with Gasteiger partial charge >= 0.3 is 6.09 Å². The van der Waals surface area contributed by atoms with Crippen LogP contribution in [0.25, 0.3) is 11.0 Å². The summed E-state index contributed by atoms with van der Waals surface area (Å²) < 4.78 is 30.7. The molecule has 0 radical (unpaired) electrons. The summed E-state index contributed by atoms with van der Waals surface area (Å²) >= 11 is 0. The maximum Gasteiger partial charge on any atom is 0.414 e. The Morgan fingerprint density at radius 1 is 1.22 bits per heavy atom. The number of rotatable bonds is 6. The molecule has 3 aliphatic rings. The summed E-state index contributed by atoms with van der Waals surface area (Å²) in [6.07, 6.45) is 0.424. The van der Waals surface area contributed by atoms with Gasteiger partial charge in [-0.15, -0.1) is 0 Å². The Labute approximate surface area is 205 Å². The van der Waals surface area contributed by atoms with E-state index in [0.717, 1.165) is 0 Å². The Bertz CT molecular complexity index is 1360. The van der Waals surface area contributed by atoms with Gasteiger partial charge in [-0.05, 0) is 24.3 Å². The van der Waals surface area contributed by atoms with Crippen LogP contribution >= 0.6 is 0 Å². The lowest BCUT2D eigenvalue weighted by Crippen LogP contribution is -2.57. The van der Waals surface area contributed by atoms with Crippen LogP contribution in [0.4, 0.5) is 26.2 Å². The molecule has 0 saturated carbocycles. The molecule has 3 aliphatic heterocycles. The van der Waals surface area contributed by atoms with E-state index >= 15 is 0 Å². The van der Waals surface area contributed by atoms with Crippen LogP contribution in [-0.4, -0.2) is 78.9 Å². The lowest BCUT2D eigenvalue weighted by atomic mass is 10.1. The molecule has 2 aromatic heterocycles. The number of pyridine rings is 2. The smallest absolute Gasteiger partial charge is 0.414 e. The first kappa shape index (κ1) is 22.3. The molecule has 0 bridgehead atoms.